The van der Waals surface area contributed by atoms with Gasteiger partial charge in [-0.05, 0) is 0 Å². The van der Waals surface area contributed by atoms with E-state index in [4.69, 9.17) is 0 Å². The molecule has 0 unspecified atom stereocenters. The fraction of sp³-hybridized carbons (Fsp3) is 0.333. The van der Waals surface area contributed by atoms with Crippen LogP contribution < -0.4 is 0 Å². The Balaban J connectivity index is 3.80. The molecule has 8 heteroatoms. The van der Waals surface area contributed by atoms with Crippen molar-refractivity contribution in [3.8, 4) is 0 Å². The van der Waals surface area contributed by atoms with Gasteiger partial charge in [0.05, 0.1) is 0 Å². The first-order valence-corrected chi connectivity index (χ1v) is 1.98. The largest absolute Gasteiger partial charge is 0.577 e. The quantitative estimate of drug-likeness (QED) is 0.244. The van der Waals surface area contributed by atoms with Gasteiger partial charge in [0.25, 0.3) is 0 Å². The fourth-order valence-electron chi connectivity index (χ4n) is 0.181. The second kappa shape index (κ2) is 3.17. The highest BCUT2D eigenvalue weighted by molar-refractivity contribution is 5.76. The predicted molar refractivity (Wildman–Crippen MR) is 20.1 cm³/mol. The van der Waals surface area contributed by atoms with Gasteiger partial charge >= 0.3 is 18.7 Å². The van der Waals surface area contributed by atoms with E-state index < -0.39 is 18.7 Å². The lowest BCUT2D eigenvalue weighted by molar-refractivity contribution is -0.297. The van der Waals surface area contributed by atoms with Crippen molar-refractivity contribution in [3.05, 3.63) is 0 Å². The number of rotatable bonds is 0. The van der Waals surface area contributed by atoms with Gasteiger partial charge in [0, 0.05) is 0 Å². The van der Waals surface area contributed by atoms with Gasteiger partial charge < -0.3 is 9.47 Å². The molecule has 0 spiro atoms. The Morgan fingerprint density at radius 1 is 1.18 bits per heavy atom. The van der Waals surface area contributed by atoms with Crippen LogP contribution in [0.15, 0.2) is 0 Å². The second-order valence-corrected chi connectivity index (χ2v) is 1.14. The minimum absolute atomic E-state index is 2.43. The first-order valence-electron chi connectivity index (χ1n) is 1.98. The molecule has 0 aliphatic heterocycles. The molecule has 0 amide bonds. The van der Waals surface area contributed by atoms with Gasteiger partial charge in [-0.3, -0.25) is 0 Å². The molecule has 0 N–H and O–H groups in total. The van der Waals surface area contributed by atoms with Gasteiger partial charge in [-0.15, -0.1) is 17.6 Å². The van der Waals surface area contributed by atoms with Crippen LogP contribution in [0.25, 0.3) is 0 Å². The normalized spacial score (nSPS) is 10.5. The van der Waals surface area contributed by atoms with Crippen molar-refractivity contribution in [2.45, 2.75) is 6.36 Å². The molecule has 0 rings (SSSR count). The zero-order chi connectivity index (χ0) is 9.07. The molecule has 0 bridgehead atoms. The van der Waals surface area contributed by atoms with Crippen molar-refractivity contribution in [2.75, 3.05) is 0 Å². The van der Waals surface area contributed by atoms with Gasteiger partial charge in [0.2, 0.25) is 0 Å². The molecule has 0 aliphatic rings. The van der Waals surface area contributed by atoms with E-state index in [-0.39, 0.29) is 0 Å². The number of alkyl halides is 3. The van der Waals surface area contributed by atoms with Crippen LogP contribution in [0, 0.1) is 0 Å². The van der Waals surface area contributed by atoms with Crippen molar-refractivity contribution in [2.24, 2.45) is 0 Å². The number of halogens is 4. The maximum atomic E-state index is 11.0. The number of ether oxygens (including phenoxy) is 2. The van der Waals surface area contributed by atoms with Crippen LogP contribution in [0.1, 0.15) is 0 Å². The molecule has 0 saturated heterocycles. The van der Waals surface area contributed by atoms with Crippen LogP contribution in [0.2, 0.25) is 0 Å². The van der Waals surface area contributed by atoms with Gasteiger partial charge in [0.15, 0.2) is 0 Å². The molecule has 0 aromatic carbocycles. The Kier molecular flexibility index (Phi) is 2.78. The summed E-state index contributed by atoms with van der Waals surface area (Å²) in [5.74, 6) is 0. The van der Waals surface area contributed by atoms with Crippen LogP contribution in [0.4, 0.5) is 27.2 Å². The highest BCUT2D eigenvalue weighted by atomic mass is 19.4. The van der Waals surface area contributed by atoms with Crippen LogP contribution in [0.3, 0.4) is 0 Å². The van der Waals surface area contributed by atoms with Gasteiger partial charge in [0.1, 0.15) is 0 Å². The smallest absolute Gasteiger partial charge is 0.340 e. The average molecular weight is 176 g/mol. The topological polar surface area (TPSA) is 52.6 Å². The maximum absolute atomic E-state index is 11.0. The number of hydrogen-bond donors (Lipinski definition) is 0. The van der Waals surface area contributed by atoms with Crippen molar-refractivity contribution in [3.63, 3.8) is 0 Å². The molecule has 0 saturated carbocycles. The van der Waals surface area contributed by atoms with E-state index in [1.54, 1.807) is 0 Å². The zero-order valence-corrected chi connectivity index (χ0v) is 4.64. The van der Waals surface area contributed by atoms with Crippen molar-refractivity contribution in [1.29, 1.82) is 0 Å². The van der Waals surface area contributed by atoms with E-state index >= 15 is 0 Å². The van der Waals surface area contributed by atoms with Crippen LogP contribution in [-0.2, 0) is 9.47 Å². The van der Waals surface area contributed by atoms with E-state index in [0.717, 1.165) is 0 Å². The lowest BCUT2D eigenvalue weighted by Crippen LogP contribution is -2.20. The Morgan fingerprint density at radius 2 is 1.64 bits per heavy atom. The summed E-state index contributed by atoms with van der Waals surface area (Å²) in [5.41, 5.74) is 0. The van der Waals surface area contributed by atoms with E-state index in [9.17, 15) is 27.2 Å². The number of hydrogen-bond acceptors (Lipinski definition) is 4. The molecule has 64 valence electrons. The monoisotopic (exact) mass is 176 g/mol. The minimum atomic E-state index is -5.29. The SMILES string of the molecule is O=C(F)OC(=O)OC(F)(F)F. The Hall–Kier alpha value is -1.34. The molecule has 0 atom stereocenters. The third kappa shape index (κ3) is 6.55. The van der Waals surface area contributed by atoms with E-state index in [2.05, 4.69) is 9.47 Å². The second-order valence-electron chi connectivity index (χ2n) is 1.14. The molecule has 0 radical (unpaired) electrons. The molecule has 0 aromatic rings. The Bertz CT molecular complexity index is 173. The van der Waals surface area contributed by atoms with Crippen molar-refractivity contribution >= 4 is 12.4 Å². The standard InChI is InChI=1S/C3F4O4/c4-1(8)10-2(9)11-3(5,6)7. The third-order valence-electron chi connectivity index (χ3n) is 0.363. The fourth-order valence-corrected chi connectivity index (χ4v) is 0.181. The summed E-state index contributed by atoms with van der Waals surface area (Å²) in [6.45, 7) is 0. The summed E-state index contributed by atoms with van der Waals surface area (Å²) in [5, 5.41) is 0. The zero-order valence-electron chi connectivity index (χ0n) is 4.64. The van der Waals surface area contributed by atoms with E-state index in [1.165, 1.54) is 0 Å². The summed E-state index contributed by atoms with van der Waals surface area (Å²) in [6, 6.07) is 0. The van der Waals surface area contributed by atoms with Gasteiger partial charge in [-0.25, -0.2) is 9.59 Å². The highest BCUT2D eigenvalue weighted by Crippen LogP contribution is 2.16. The van der Waals surface area contributed by atoms with Crippen molar-refractivity contribution < 1.29 is 36.6 Å². The minimum Gasteiger partial charge on any atom is -0.340 e. The first-order chi connectivity index (χ1) is 4.81. The number of carbonyl (C=O) groups is 2. The molecular weight excluding hydrogens is 176 g/mol. The number of carbonyl (C=O) groups excluding carboxylic acids is 2. The van der Waals surface area contributed by atoms with Gasteiger partial charge in [-0.2, -0.15) is 0 Å². The highest BCUT2D eigenvalue weighted by Gasteiger charge is 2.35. The summed E-state index contributed by atoms with van der Waals surface area (Å²) in [7, 11) is 0. The predicted octanol–water partition coefficient (Wildman–Crippen LogP) is 1.75. The van der Waals surface area contributed by atoms with Gasteiger partial charge in [-0.1, -0.05) is 0 Å². The lowest BCUT2D eigenvalue weighted by Gasteiger charge is -2.03. The van der Waals surface area contributed by atoms with Crippen LogP contribution >= 0.6 is 0 Å². The average Bonchev–Trinajstić information content (AvgIpc) is 1.53. The van der Waals surface area contributed by atoms with Crippen LogP contribution in [0.5, 0.6) is 0 Å². The summed E-state index contributed by atoms with van der Waals surface area (Å²) < 4.78 is 49.2. The Morgan fingerprint density at radius 3 is 1.91 bits per heavy atom. The molecule has 0 aromatic heterocycles. The summed E-state index contributed by atoms with van der Waals surface area (Å²) in [6.07, 6.45) is -10.4. The van der Waals surface area contributed by atoms with E-state index in [0.29, 0.717) is 0 Å². The molecule has 0 heterocycles. The maximum Gasteiger partial charge on any atom is 0.577 e. The third-order valence-corrected chi connectivity index (χ3v) is 0.363. The molecular formula is C3F4O4. The molecule has 0 fully saturated rings. The molecule has 0 aliphatic carbocycles. The van der Waals surface area contributed by atoms with Crippen LogP contribution in [-0.4, -0.2) is 18.7 Å². The summed E-state index contributed by atoms with van der Waals surface area (Å²) in [4.78, 5) is 18.8. The summed E-state index contributed by atoms with van der Waals surface area (Å²) >= 11 is 0. The Labute approximate surface area is 56.7 Å². The first kappa shape index (κ1) is 9.66. The lowest BCUT2D eigenvalue weighted by atomic mass is 11.2. The van der Waals surface area contributed by atoms with E-state index in [1.807, 2.05) is 0 Å². The molecule has 4 nitrogen and oxygen atoms in total. The molecule has 11 heavy (non-hydrogen) atoms. The van der Waals surface area contributed by atoms with Crippen molar-refractivity contribution in [1.82, 2.24) is 0 Å².